The van der Waals surface area contributed by atoms with E-state index in [1.54, 1.807) is 18.2 Å². The fourth-order valence-corrected chi connectivity index (χ4v) is 0.827. The summed E-state index contributed by atoms with van der Waals surface area (Å²) in [6.07, 6.45) is 0. The van der Waals surface area contributed by atoms with E-state index in [4.69, 9.17) is 11.6 Å². The molecule has 0 saturated heterocycles. The summed E-state index contributed by atoms with van der Waals surface area (Å²) in [7, 11) is 0. The lowest BCUT2D eigenvalue weighted by molar-refractivity contribution is 0.475. The van der Waals surface area contributed by atoms with Crippen molar-refractivity contribution in [3.8, 4) is 0 Å². The second kappa shape index (κ2) is 3.52. The van der Waals surface area contributed by atoms with Crippen LogP contribution in [-0.2, 0) is 12.6 Å². The summed E-state index contributed by atoms with van der Waals surface area (Å²) < 4.78 is 11.9. The number of hydrogen-bond donors (Lipinski definition) is 0. The number of aromatic nitrogens is 1. The van der Waals surface area contributed by atoms with Gasteiger partial charge in [-0.25, -0.2) is 4.39 Å². The quantitative estimate of drug-likeness (QED) is 0.604. The van der Waals surface area contributed by atoms with E-state index >= 15 is 0 Å². The Bertz CT molecular complexity index is 195. The van der Waals surface area contributed by atoms with Gasteiger partial charge >= 0.3 is 0 Å². The number of rotatable bonds is 2. The topological polar surface area (TPSA) is 12.9 Å². The van der Waals surface area contributed by atoms with Crippen LogP contribution < -0.4 is 0 Å². The highest BCUT2D eigenvalue weighted by molar-refractivity contribution is 6.16. The van der Waals surface area contributed by atoms with Gasteiger partial charge in [-0.05, 0) is 12.1 Å². The second-order valence-corrected chi connectivity index (χ2v) is 2.15. The maximum absolute atomic E-state index is 11.9. The van der Waals surface area contributed by atoms with E-state index in [2.05, 4.69) is 4.98 Å². The number of pyridine rings is 1. The third kappa shape index (κ3) is 1.67. The van der Waals surface area contributed by atoms with Crippen molar-refractivity contribution in [3.05, 3.63) is 29.6 Å². The van der Waals surface area contributed by atoms with Crippen molar-refractivity contribution < 1.29 is 4.39 Å². The van der Waals surface area contributed by atoms with E-state index in [1.807, 2.05) is 0 Å². The molecule has 1 rings (SSSR count). The lowest BCUT2D eigenvalue weighted by atomic mass is 10.3. The Morgan fingerprint density at radius 3 is 2.70 bits per heavy atom. The van der Waals surface area contributed by atoms with E-state index < -0.39 is 6.67 Å². The van der Waals surface area contributed by atoms with Crippen molar-refractivity contribution in [2.75, 3.05) is 0 Å². The number of hydrogen-bond acceptors (Lipinski definition) is 1. The largest absolute Gasteiger partial charge is 0.254 e. The van der Waals surface area contributed by atoms with Gasteiger partial charge in [0.1, 0.15) is 6.67 Å². The molecule has 0 atom stereocenters. The first-order valence-corrected chi connectivity index (χ1v) is 3.47. The highest BCUT2D eigenvalue weighted by Gasteiger charge is 1.93. The van der Waals surface area contributed by atoms with Gasteiger partial charge < -0.3 is 0 Å². The highest BCUT2D eigenvalue weighted by atomic mass is 35.5. The molecule has 54 valence electrons. The molecular weight excluding hydrogens is 153 g/mol. The van der Waals surface area contributed by atoms with Crippen LogP contribution >= 0.6 is 11.6 Å². The SMILES string of the molecule is FCc1cccc(CCl)n1. The normalized spacial score (nSPS) is 9.80. The molecule has 0 spiro atoms. The lowest BCUT2D eigenvalue weighted by Crippen LogP contribution is -1.89. The van der Waals surface area contributed by atoms with Crippen LogP contribution in [0.25, 0.3) is 0 Å². The van der Waals surface area contributed by atoms with Gasteiger partial charge in [-0.15, -0.1) is 11.6 Å². The molecular formula is C7H7ClFN. The van der Waals surface area contributed by atoms with Crippen molar-refractivity contribution in [3.63, 3.8) is 0 Å². The summed E-state index contributed by atoms with van der Waals surface area (Å²) in [4.78, 5) is 3.90. The van der Waals surface area contributed by atoms with Gasteiger partial charge in [0.25, 0.3) is 0 Å². The van der Waals surface area contributed by atoms with Crippen LogP contribution in [0.5, 0.6) is 0 Å². The Hall–Kier alpha value is -0.630. The first kappa shape index (κ1) is 7.48. The summed E-state index contributed by atoms with van der Waals surface area (Å²) in [5.74, 6) is 0.341. The van der Waals surface area contributed by atoms with E-state index in [0.717, 1.165) is 5.69 Å². The highest BCUT2D eigenvalue weighted by Crippen LogP contribution is 2.02. The van der Waals surface area contributed by atoms with Crippen LogP contribution in [0.2, 0.25) is 0 Å². The third-order valence-electron chi connectivity index (χ3n) is 1.14. The van der Waals surface area contributed by atoms with Gasteiger partial charge in [-0.3, -0.25) is 4.98 Å². The van der Waals surface area contributed by atoms with Gasteiger partial charge in [0, 0.05) is 0 Å². The molecule has 1 heterocycles. The minimum absolute atomic E-state index is 0.341. The standard InChI is InChI=1S/C7H7ClFN/c8-4-6-2-1-3-7(5-9)10-6/h1-3H,4-5H2. The molecule has 0 fully saturated rings. The molecule has 0 unspecified atom stereocenters. The predicted octanol–water partition coefficient (Wildman–Crippen LogP) is 2.29. The molecule has 1 aromatic rings. The molecule has 0 amide bonds. The molecule has 0 aliphatic carbocycles. The van der Waals surface area contributed by atoms with E-state index in [0.29, 0.717) is 11.6 Å². The molecule has 0 aliphatic rings. The summed E-state index contributed by atoms with van der Waals surface area (Å²) in [6.45, 7) is -0.523. The van der Waals surface area contributed by atoms with E-state index in [9.17, 15) is 4.39 Å². The third-order valence-corrected chi connectivity index (χ3v) is 1.41. The van der Waals surface area contributed by atoms with Crippen molar-refractivity contribution in [1.82, 2.24) is 4.98 Å². The Kier molecular flexibility index (Phi) is 2.63. The molecule has 3 heteroatoms. The maximum Gasteiger partial charge on any atom is 0.131 e. The molecule has 10 heavy (non-hydrogen) atoms. The zero-order chi connectivity index (χ0) is 7.40. The Labute approximate surface area is 63.8 Å². The van der Waals surface area contributed by atoms with Crippen LogP contribution in [0.15, 0.2) is 18.2 Å². The Balaban J connectivity index is 2.87. The van der Waals surface area contributed by atoms with Gasteiger partial charge in [-0.2, -0.15) is 0 Å². The molecule has 0 radical (unpaired) electrons. The fraction of sp³-hybridized carbons (Fsp3) is 0.286. The van der Waals surface area contributed by atoms with Gasteiger partial charge in [0.2, 0.25) is 0 Å². The minimum Gasteiger partial charge on any atom is -0.254 e. The minimum atomic E-state index is -0.523. The number of halogens is 2. The molecule has 1 nitrogen and oxygen atoms in total. The molecule has 0 bridgehead atoms. The van der Waals surface area contributed by atoms with Gasteiger partial charge in [0.05, 0.1) is 17.3 Å². The van der Waals surface area contributed by atoms with Crippen LogP contribution in [0.1, 0.15) is 11.4 Å². The first-order chi connectivity index (χ1) is 4.86. The van der Waals surface area contributed by atoms with Gasteiger partial charge in [-0.1, -0.05) is 6.07 Å². The van der Waals surface area contributed by atoms with Crippen LogP contribution in [0, 0.1) is 0 Å². The Morgan fingerprint density at radius 1 is 1.40 bits per heavy atom. The summed E-state index contributed by atoms with van der Waals surface area (Å²) in [5.41, 5.74) is 1.16. The smallest absolute Gasteiger partial charge is 0.131 e. The fourth-order valence-electron chi connectivity index (χ4n) is 0.678. The zero-order valence-electron chi connectivity index (χ0n) is 5.35. The number of alkyl halides is 2. The first-order valence-electron chi connectivity index (χ1n) is 2.93. The maximum atomic E-state index is 11.9. The van der Waals surface area contributed by atoms with Crippen molar-refractivity contribution in [2.24, 2.45) is 0 Å². The molecule has 0 N–H and O–H groups in total. The molecule has 0 aliphatic heterocycles. The van der Waals surface area contributed by atoms with Crippen molar-refractivity contribution in [1.29, 1.82) is 0 Å². The lowest BCUT2D eigenvalue weighted by Gasteiger charge is -1.95. The zero-order valence-corrected chi connectivity index (χ0v) is 6.11. The molecule has 1 aromatic heterocycles. The van der Waals surface area contributed by atoms with Crippen molar-refractivity contribution >= 4 is 11.6 Å². The van der Waals surface area contributed by atoms with Gasteiger partial charge in [0.15, 0.2) is 0 Å². The summed E-state index contributed by atoms with van der Waals surface area (Å²) in [6, 6.07) is 5.15. The number of nitrogens with zero attached hydrogens (tertiary/aromatic N) is 1. The van der Waals surface area contributed by atoms with Crippen LogP contribution in [-0.4, -0.2) is 4.98 Å². The van der Waals surface area contributed by atoms with Crippen LogP contribution in [0.3, 0.4) is 0 Å². The second-order valence-electron chi connectivity index (χ2n) is 1.89. The van der Waals surface area contributed by atoms with Crippen molar-refractivity contribution in [2.45, 2.75) is 12.6 Å². The van der Waals surface area contributed by atoms with Crippen LogP contribution in [0.4, 0.5) is 4.39 Å². The van der Waals surface area contributed by atoms with E-state index in [1.165, 1.54) is 0 Å². The van der Waals surface area contributed by atoms with E-state index in [-0.39, 0.29) is 0 Å². The Morgan fingerprint density at radius 2 is 2.10 bits per heavy atom. The summed E-state index contributed by atoms with van der Waals surface area (Å²) in [5, 5.41) is 0. The predicted molar refractivity (Wildman–Crippen MR) is 38.6 cm³/mol. The molecule has 0 saturated carbocycles. The molecule has 0 aromatic carbocycles. The monoisotopic (exact) mass is 159 g/mol. The average molecular weight is 160 g/mol. The summed E-state index contributed by atoms with van der Waals surface area (Å²) >= 11 is 5.47. The average Bonchev–Trinajstić information content (AvgIpc) is 2.05.